The Balaban J connectivity index is 1.42. The van der Waals surface area contributed by atoms with Gasteiger partial charge in [-0.15, -0.1) is 11.3 Å². The van der Waals surface area contributed by atoms with Crippen LogP contribution in [0.2, 0.25) is 0 Å². The molecule has 1 aromatic carbocycles. The van der Waals surface area contributed by atoms with Gasteiger partial charge >= 0.3 is 0 Å². The minimum atomic E-state index is -0.347. The summed E-state index contributed by atoms with van der Waals surface area (Å²) in [4.78, 5) is 21.5. The van der Waals surface area contributed by atoms with Crippen LogP contribution in [0.4, 0.5) is 4.39 Å². The van der Waals surface area contributed by atoms with Crippen LogP contribution in [-0.4, -0.2) is 31.9 Å². The zero-order valence-electron chi connectivity index (χ0n) is 17.4. The molecule has 4 aromatic rings. The van der Waals surface area contributed by atoms with Gasteiger partial charge in [-0.05, 0) is 67.5 Å². The molecule has 1 aliphatic carbocycles. The van der Waals surface area contributed by atoms with Crippen LogP contribution < -0.4 is 0 Å². The minimum absolute atomic E-state index is 0.0252. The van der Waals surface area contributed by atoms with Crippen molar-refractivity contribution in [2.75, 3.05) is 6.54 Å². The number of nitrogens with zero attached hydrogens (tertiary/aromatic N) is 4. The van der Waals surface area contributed by atoms with E-state index in [-0.39, 0.29) is 17.8 Å². The summed E-state index contributed by atoms with van der Waals surface area (Å²) in [6, 6.07) is 10.7. The minimum Gasteiger partial charge on any atom is -0.330 e. The number of thiophene rings is 1. The normalized spacial score (nSPS) is 18.2. The second-order valence-corrected chi connectivity index (χ2v) is 10.4. The number of fused-ring (bicyclic) bond motifs is 2. The summed E-state index contributed by atoms with van der Waals surface area (Å²) < 4.78 is 17.0. The standard InChI is InChI=1S/C24H20BrFN4OS/c1-13-16-7-9-32-22(16)6-8-29(13)24(31)20-11-21(14-2-3-14)30-23(27-20)12-19(28-30)17-5-4-15(25)10-18(17)26/h4-5,7,9-14H,2-3,6,8H2,1H3/t13-/m1/s1. The molecular weight excluding hydrogens is 491 g/mol. The average Bonchev–Trinajstić information content (AvgIpc) is 3.34. The maximum atomic E-state index is 14.6. The van der Waals surface area contributed by atoms with Gasteiger partial charge in [-0.1, -0.05) is 15.9 Å². The Labute approximate surface area is 197 Å². The largest absolute Gasteiger partial charge is 0.330 e. The topological polar surface area (TPSA) is 50.5 Å². The maximum absolute atomic E-state index is 14.6. The first-order chi connectivity index (χ1) is 15.5. The van der Waals surface area contributed by atoms with Crippen molar-refractivity contribution in [1.82, 2.24) is 19.5 Å². The van der Waals surface area contributed by atoms with Gasteiger partial charge in [0.15, 0.2) is 5.65 Å². The number of benzene rings is 1. The van der Waals surface area contributed by atoms with Crippen LogP contribution in [0.3, 0.4) is 0 Å². The van der Waals surface area contributed by atoms with Crippen LogP contribution in [0.1, 0.15) is 58.3 Å². The molecule has 32 heavy (non-hydrogen) atoms. The second-order valence-electron chi connectivity index (χ2n) is 8.49. The van der Waals surface area contributed by atoms with Gasteiger partial charge in [0, 0.05) is 39.1 Å². The fraction of sp³-hybridized carbons (Fsp3) is 0.292. The Kier molecular flexibility index (Phi) is 4.69. The summed E-state index contributed by atoms with van der Waals surface area (Å²) in [5.41, 5.74) is 4.16. The van der Waals surface area contributed by atoms with Gasteiger partial charge in [0.2, 0.25) is 0 Å². The molecule has 2 aliphatic rings. The van der Waals surface area contributed by atoms with Crippen molar-refractivity contribution in [1.29, 1.82) is 0 Å². The van der Waals surface area contributed by atoms with E-state index in [1.807, 2.05) is 11.0 Å². The lowest BCUT2D eigenvalue weighted by Crippen LogP contribution is -2.38. The monoisotopic (exact) mass is 510 g/mol. The molecule has 0 radical (unpaired) electrons. The van der Waals surface area contributed by atoms with Crippen molar-refractivity contribution in [3.63, 3.8) is 0 Å². The van der Waals surface area contributed by atoms with E-state index in [9.17, 15) is 9.18 Å². The first-order valence-corrected chi connectivity index (χ1v) is 12.4. The number of hydrogen-bond acceptors (Lipinski definition) is 4. The zero-order chi connectivity index (χ0) is 22.0. The Morgan fingerprint density at radius 2 is 2.06 bits per heavy atom. The molecule has 1 saturated carbocycles. The van der Waals surface area contributed by atoms with Crippen LogP contribution >= 0.6 is 27.3 Å². The highest BCUT2D eigenvalue weighted by Gasteiger charge is 2.33. The van der Waals surface area contributed by atoms with E-state index in [1.54, 1.807) is 34.1 Å². The molecule has 1 aliphatic heterocycles. The molecular formula is C24H20BrFN4OS. The van der Waals surface area contributed by atoms with Gasteiger partial charge in [0.25, 0.3) is 5.91 Å². The lowest BCUT2D eigenvalue weighted by atomic mass is 10.0. The van der Waals surface area contributed by atoms with E-state index in [0.29, 0.717) is 39.5 Å². The number of carbonyl (C=O) groups is 1. The molecule has 4 heterocycles. The van der Waals surface area contributed by atoms with Crippen molar-refractivity contribution in [2.45, 2.75) is 38.1 Å². The molecule has 0 spiro atoms. The van der Waals surface area contributed by atoms with E-state index in [0.717, 1.165) is 25.0 Å². The Hall–Kier alpha value is -2.58. The molecule has 5 nitrogen and oxygen atoms in total. The SMILES string of the molecule is C[C@@H]1c2ccsc2CCN1C(=O)c1cc(C2CC2)n2nc(-c3ccc(Br)cc3F)cc2n1. The third-order valence-electron chi connectivity index (χ3n) is 6.41. The molecule has 0 N–H and O–H groups in total. The van der Waals surface area contributed by atoms with Crippen LogP contribution in [0.5, 0.6) is 0 Å². The van der Waals surface area contributed by atoms with E-state index < -0.39 is 0 Å². The van der Waals surface area contributed by atoms with Crippen LogP contribution in [0.25, 0.3) is 16.9 Å². The summed E-state index contributed by atoms with van der Waals surface area (Å²) in [5, 5.41) is 6.76. The van der Waals surface area contributed by atoms with Crippen molar-refractivity contribution in [3.05, 3.63) is 73.9 Å². The highest BCUT2D eigenvalue weighted by Crippen LogP contribution is 2.41. The Bertz CT molecular complexity index is 1380. The first-order valence-electron chi connectivity index (χ1n) is 10.7. The predicted octanol–water partition coefficient (Wildman–Crippen LogP) is 6.00. The summed E-state index contributed by atoms with van der Waals surface area (Å²) >= 11 is 5.06. The van der Waals surface area contributed by atoms with E-state index in [2.05, 4.69) is 44.4 Å². The summed E-state index contributed by atoms with van der Waals surface area (Å²) in [6.07, 6.45) is 3.00. The number of rotatable bonds is 3. The van der Waals surface area contributed by atoms with E-state index >= 15 is 0 Å². The highest BCUT2D eigenvalue weighted by molar-refractivity contribution is 9.10. The van der Waals surface area contributed by atoms with Crippen molar-refractivity contribution >= 4 is 38.8 Å². The van der Waals surface area contributed by atoms with Crippen LogP contribution in [0, 0.1) is 5.82 Å². The lowest BCUT2D eigenvalue weighted by molar-refractivity contribution is 0.0673. The third-order valence-corrected chi connectivity index (χ3v) is 7.90. The van der Waals surface area contributed by atoms with Crippen molar-refractivity contribution < 1.29 is 9.18 Å². The average molecular weight is 511 g/mol. The Morgan fingerprint density at radius 1 is 1.22 bits per heavy atom. The second kappa shape index (κ2) is 7.49. The molecule has 0 saturated heterocycles. The quantitative estimate of drug-likeness (QED) is 0.339. The van der Waals surface area contributed by atoms with Gasteiger partial charge in [-0.25, -0.2) is 13.9 Å². The van der Waals surface area contributed by atoms with E-state index in [4.69, 9.17) is 0 Å². The third kappa shape index (κ3) is 3.28. The summed E-state index contributed by atoms with van der Waals surface area (Å²) in [5.74, 6) is -0.0473. The molecule has 0 unspecified atom stereocenters. The number of carbonyl (C=O) groups excluding carboxylic acids is 1. The number of aromatic nitrogens is 3. The molecule has 1 fully saturated rings. The molecule has 162 valence electrons. The predicted molar refractivity (Wildman–Crippen MR) is 126 cm³/mol. The van der Waals surface area contributed by atoms with Gasteiger partial charge in [-0.2, -0.15) is 5.10 Å². The Morgan fingerprint density at radius 3 is 2.84 bits per heavy atom. The maximum Gasteiger partial charge on any atom is 0.273 e. The van der Waals surface area contributed by atoms with Gasteiger partial charge < -0.3 is 4.90 Å². The number of amides is 1. The van der Waals surface area contributed by atoms with Crippen molar-refractivity contribution in [2.24, 2.45) is 0 Å². The molecule has 3 aromatic heterocycles. The number of hydrogen-bond donors (Lipinski definition) is 0. The van der Waals surface area contributed by atoms with Crippen LogP contribution in [0.15, 0.2) is 46.3 Å². The lowest BCUT2D eigenvalue weighted by Gasteiger charge is -2.33. The van der Waals surface area contributed by atoms with E-state index in [1.165, 1.54) is 16.5 Å². The summed E-state index contributed by atoms with van der Waals surface area (Å²) in [6.45, 7) is 2.77. The first kappa shape index (κ1) is 20.1. The van der Waals surface area contributed by atoms with Gasteiger partial charge in [0.1, 0.15) is 11.5 Å². The molecule has 6 rings (SSSR count). The fourth-order valence-electron chi connectivity index (χ4n) is 4.54. The molecule has 0 bridgehead atoms. The fourth-order valence-corrected chi connectivity index (χ4v) is 5.84. The number of halogens is 2. The summed E-state index contributed by atoms with van der Waals surface area (Å²) in [7, 11) is 0. The molecule has 1 amide bonds. The molecule has 1 atom stereocenters. The van der Waals surface area contributed by atoms with Crippen molar-refractivity contribution in [3.8, 4) is 11.3 Å². The molecule has 8 heteroatoms. The van der Waals surface area contributed by atoms with Gasteiger partial charge in [0.05, 0.1) is 11.7 Å². The zero-order valence-corrected chi connectivity index (χ0v) is 19.8. The van der Waals surface area contributed by atoms with Crippen LogP contribution in [-0.2, 0) is 6.42 Å². The highest BCUT2D eigenvalue weighted by atomic mass is 79.9. The van der Waals surface area contributed by atoms with Gasteiger partial charge in [-0.3, -0.25) is 4.79 Å². The smallest absolute Gasteiger partial charge is 0.273 e.